The van der Waals surface area contributed by atoms with Crippen molar-refractivity contribution in [1.82, 2.24) is 9.78 Å². The largest absolute Gasteiger partial charge is 0.311 e. The van der Waals surface area contributed by atoms with Crippen LogP contribution in [-0.4, -0.2) is 15.7 Å². The summed E-state index contributed by atoms with van der Waals surface area (Å²) in [6.45, 7) is 8.12. The Balaban J connectivity index is 2.66. The standard InChI is InChI=1S/C12H21N3O/c1-5-6-10(4)12(16)14-11-7-8-13-15(11)9(2)3/h7-10H,5-6H2,1-4H3,(H,14,16). The molecule has 0 aliphatic rings. The average Bonchev–Trinajstić information content (AvgIpc) is 2.66. The number of carbonyl (C=O) groups is 1. The summed E-state index contributed by atoms with van der Waals surface area (Å²) in [4.78, 5) is 11.8. The highest BCUT2D eigenvalue weighted by Gasteiger charge is 2.14. The van der Waals surface area contributed by atoms with Crippen LogP contribution in [0.2, 0.25) is 0 Å². The number of hydrogen-bond donors (Lipinski definition) is 1. The van der Waals surface area contributed by atoms with Crippen LogP contribution in [0.15, 0.2) is 12.3 Å². The van der Waals surface area contributed by atoms with Gasteiger partial charge in [0, 0.05) is 18.0 Å². The third-order valence-corrected chi connectivity index (χ3v) is 2.58. The van der Waals surface area contributed by atoms with Crippen molar-refractivity contribution >= 4 is 11.7 Å². The highest BCUT2D eigenvalue weighted by molar-refractivity contribution is 5.91. The van der Waals surface area contributed by atoms with Crippen molar-refractivity contribution < 1.29 is 4.79 Å². The first-order valence-electron chi connectivity index (χ1n) is 5.90. The third kappa shape index (κ3) is 3.08. The first-order chi connectivity index (χ1) is 7.56. The van der Waals surface area contributed by atoms with E-state index in [-0.39, 0.29) is 17.9 Å². The fraction of sp³-hybridized carbons (Fsp3) is 0.667. The van der Waals surface area contributed by atoms with E-state index < -0.39 is 0 Å². The zero-order chi connectivity index (χ0) is 12.1. The molecule has 0 aromatic carbocycles. The van der Waals surface area contributed by atoms with Crippen LogP contribution in [0, 0.1) is 5.92 Å². The maximum atomic E-state index is 11.8. The SMILES string of the molecule is CCCC(C)C(=O)Nc1ccnn1C(C)C. The normalized spacial score (nSPS) is 12.8. The zero-order valence-electron chi connectivity index (χ0n) is 10.5. The van der Waals surface area contributed by atoms with Crippen molar-refractivity contribution in [3.63, 3.8) is 0 Å². The predicted octanol–water partition coefficient (Wildman–Crippen LogP) is 2.84. The van der Waals surface area contributed by atoms with Gasteiger partial charge < -0.3 is 5.32 Å². The summed E-state index contributed by atoms with van der Waals surface area (Å²) in [5, 5.41) is 7.09. The molecule has 0 spiro atoms. The van der Waals surface area contributed by atoms with Crippen LogP contribution in [0.5, 0.6) is 0 Å². The second-order valence-electron chi connectivity index (χ2n) is 4.43. The topological polar surface area (TPSA) is 46.9 Å². The van der Waals surface area contributed by atoms with E-state index in [2.05, 4.69) is 17.3 Å². The molecule has 1 heterocycles. The molecule has 1 N–H and O–H groups in total. The number of rotatable bonds is 5. The van der Waals surface area contributed by atoms with E-state index in [1.807, 2.05) is 31.5 Å². The molecule has 16 heavy (non-hydrogen) atoms. The lowest BCUT2D eigenvalue weighted by Gasteiger charge is -2.14. The molecule has 4 heteroatoms. The van der Waals surface area contributed by atoms with Gasteiger partial charge in [-0.1, -0.05) is 20.3 Å². The van der Waals surface area contributed by atoms with Gasteiger partial charge in [0.1, 0.15) is 5.82 Å². The highest BCUT2D eigenvalue weighted by Crippen LogP contribution is 2.15. The molecule has 0 bridgehead atoms. The first kappa shape index (κ1) is 12.7. The van der Waals surface area contributed by atoms with Gasteiger partial charge in [-0.15, -0.1) is 0 Å². The molecule has 1 atom stereocenters. The van der Waals surface area contributed by atoms with Gasteiger partial charge in [-0.3, -0.25) is 4.79 Å². The second-order valence-corrected chi connectivity index (χ2v) is 4.43. The monoisotopic (exact) mass is 223 g/mol. The van der Waals surface area contributed by atoms with Crippen molar-refractivity contribution in [3.8, 4) is 0 Å². The van der Waals surface area contributed by atoms with Crippen molar-refractivity contribution in [2.75, 3.05) is 5.32 Å². The molecular formula is C12H21N3O. The second kappa shape index (κ2) is 5.68. The summed E-state index contributed by atoms with van der Waals surface area (Å²) in [5.74, 6) is 0.910. The third-order valence-electron chi connectivity index (χ3n) is 2.58. The van der Waals surface area contributed by atoms with E-state index in [1.165, 1.54) is 0 Å². The number of nitrogens with zero attached hydrogens (tertiary/aromatic N) is 2. The van der Waals surface area contributed by atoms with Crippen LogP contribution in [-0.2, 0) is 4.79 Å². The van der Waals surface area contributed by atoms with Crippen LogP contribution in [0.4, 0.5) is 5.82 Å². The Hall–Kier alpha value is -1.32. The molecule has 1 amide bonds. The van der Waals surface area contributed by atoms with Crippen LogP contribution < -0.4 is 5.32 Å². The summed E-state index contributed by atoms with van der Waals surface area (Å²) in [6.07, 6.45) is 3.65. The number of hydrogen-bond acceptors (Lipinski definition) is 2. The first-order valence-corrected chi connectivity index (χ1v) is 5.90. The summed E-state index contributed by atoms with van der Waals surface area (Å²) in [6, 6.07) is 2.09. The van der Waals surface area contributed by atoms with E-state index >= 15 is 0 Å². The van der Waals surface area contributed by atoms with Gasteiger partial charge in [0.25, 0.3) is 0 Å². The molecule has 0 radical (unpaired) electrons. The van der Waals surface area contributed by atoms with Gasteiger partial charge in [0.2, 0.25) is 5.91 Å². The molecule has 0 aliphatic carbocycles. The minimum absolute atomic E-state index is 0.0560. The maximum absolute atomic E-state index is 11.8. The van der Waals surface area contributed by atoms with Crippen molar-refractivity contribution in [2.45, 2.75) is 46.6 Å². The van der Waals surface area contributed by atoms with Gasteiger partial charge in [-0.05, 0) is 20.3 Å². The molecule has 1 rings (SSSR count). The van der Waals surface area contributed by atoms with Gasteiger partial charge in [0.05, 0.1) is 6.20 Å². The van der Waals surface area contributed by atoms with Crippen molar-refractivity contribution in [3.05, 3.63) is 12.3 Å². The lowest BCUT2D eigenvalue weighted by Crippen LogP contribution is -2.22. The minimum atomic E-state index is 0.0560. The number of amides is 1. The molecule has 0 aliphatic heterocycles. The van der Waals surface area contributed by atoms with Gasteiger partial charge in [0.15, 0.2) is 0 Å². The fourth-order valence-electron chi connectivity index (χ4n) is 1.64. The lowest BCUT2D eigenvalue weighted by molar-refractivity contribution is -0.119. The van der Waals surface area contributed by atoms with Gasteiger partial charge >= 0.3 is 0 Å². The Labute approximate surface area is 97.0 Å². The quantitative estimate of drug-likeness (QED) is 0.834. The van der Waals surface area contributed by atoms with Gasteiger partial charge in [-0.2, -0.15) is 5.10 Å². The van der Waals surface area contributed by atoms with E-state index in [0.717, 1.165) is 18.7 Å². The molecule has 0 saturated heterocycles. The predicted molar refractivity (Wildman–Crippen MR) is 65.3 cm³/mol. The Kier molecular flexibility index (Phi) is 4.52. The maximum Gasteiger partial charge on any atom is 0.228 e. The molecule has 0 fully saturated rings. The molecule has 4 nitrogen and oxygen atoms in total. The molecule has 0 saturated carbocycles. The number of anilines is 1. The van der Waals surface area contributed by atoms with E-state index in [4.69, 9.17) is 0 Å². The van der Waals surface area contributed by atoms with Crippen molar-refractivity contribution in [1.29, 1.82) is 0 Å². The van der Waals surface area contributed by atoms with Crippen molar-refractivity contribution in [2.24, 2.45) is 5.92 Å². The molecular weight excluding hydrogens is 202 g/mol. The minimum Gasteiger partial charge on any atom is -0.311 e. The molecule has 1 aromatic rings. The number of carbonyl (C=O) groups excluding carboxylic acids is 1. The van der Waals surface area contributed by atoms with Gasteiger partial charge in [-0.25, -0.2) is 4.68 Å². The summed E-state index contributed by atoms with van der Waals surface area (Å²) < 4.78 is 1.82. The molecule has 90 valence electrons. The Morgan fingerprint density at radius 2 is 2.19 bits per heavy atom. The van der Waals surface area contributed by atoms with Crippen LogP contribution >= 0.6 is 0 Å². The highest BCUT2D eigenvalue weighted by atomic mass is 16.1. The van der Waals surface area contributed by atoms with Crippen LogP contribution in [0.25, 0.3) is 0 Å². The lowest BCUT2D eigenvalue weighted by atomic mass is 10.1. The zero-order valence-corrected chi connectivity index (χ0v) is 10.5. The Morgan fingerprint density at radius 3 is 2.75 bits per heavy atom. The average molecular weight is 223 g/mol. The van der Waals surface area contributed by atoms with E-state index in [1.54, 1.807) is 6.20 Å². The number of nitrogens with one attached hydrogen (secondary N) is 1. The summed E-state index contributed by atoms with van der Waals surface area (Å²) in [7, 11) is 0. The summed E-state index contributed by atoms with van der Waals surface area (Å²) in [5.41, 5.74) is 0. The summed E-state index contributed by atoms with van der Waals surface area (Å²) >= 11 is 0. The van der Waals surface area contributed by atoms with E-state index in [0.29, 0.717) is 0 Å². The fourth-order valence-corrected chi connectivity index (χ4v) is 1.64. The Bertz CT molecular complexity index is 344. The molecule has 1 unspecified atom stereocenters. The Morgan fingerprint density at radius 1 is 1.50 bits per heavy atom. The van der Waals surface area contributed by atoms with E-state index in [9.17, 15) is 4.79 Å². The smallest absolute Gasteiger partial charge is 0.228 e. The van der Waals surface area contributed by atoms with Crippen LogP contribution in [0.3, 0.4) is 0 Å². The van der Waals surface area contributed by atoms with Crippen LogP contribution in [0.1, 0.15) is 46.6 Å². The molecule has 1 aromatic heterocycles. The number of aromatic nitrogens is 2.